The van der Waals surface area contributed by atoms with Crippen LogP contribution in [-0.2, 0) is 4.79 Å². The molecule has 0 saturated heterocycles. The van der Waals surface area contributed by atoms with Gasteiger partial charge in [0.2, 0.25) is 0 Å². The molecule has 0 saturated carbocycles. The third-order valence-electron chi connectivity index (χ3n) is 3.49. The summed E-state index contributed by atoms with van der Waals surface area (Å²) in [7, 11) is 1.54. The van der Waals surface area contributed by atoms with Gasteiger partial charge in [-0.3, -0.25) is 4.79 Å². The minimum atomic E-state index is -0.949. The number of aliphatic hydroxyl groups excluding tert-OH is 1. The van der Waals surface area contributed by atoms with Crippen LogP contribution in [0.25, 0.3) is 0 Å². The van der Waals surface area contributed by atoms with Gasteiger partial charge in [-0.1, -0.05) is 13.8 Å². The fourth-order valence-electron chi connectivity index (χ4n) is 2.31. The maximum absolute atomic E-state index is 11.0. The Bertz CT molecular complexity index is 499. The Morgan fingerprint density at radius 3 is 2.33 bits per heavy atom. The molecule has 1 aromatic rings. The Hall–Kier alpha value is -1.59. The number of aliphatic carboxylic acids is 1. The van der Waals surface area contributed by atoms with Crippen molar-refractivity contribution in [2.45, 2.75) is 52.3 Å². The van der Waals surface area contributed by atoms with E-state index in [0.717, 1.165) is 11.1 Å². The summed E-state index contributed by atoms with van der Waals surface area (Å²) in [4.78, 5) is 11.0. The number of nitrogens with one attached hydrogen (secondary N) is 1. The molecule has 0 radical (unpaired) electrons. The predicted octanol–water partition coefficient (Wildman–Crippen LogP) is 2.19. The van der Waals surface area contributed by atoms with Crippen LogP contribution in [0.4, 0.5) is 0 Å². The fourth-order valence-corrected chi connectivity index (χ4v) is 2.31. The molecule has 0 aromatic heterocycles. The fraction of sp³-hybridized carbons (Fsp3) is 0.562. The SMILES string of the molecule is COc1cc(C)c(C)cc1C(O)C(CC(=O)O)NC(C)C. The Kier molecular flexibility index (Phi) is 6.18. The first kappa shape index (κ1) is 17.5. The Morgan fingerprint density at radius 2 is 1.86 bits per heavy atom. The van der Waals surface area contributed by atoms with Crippen molar-refractivity contribution in [1.29, 1.82) is 0 Å². The smallest absolute Gasteiger partial charge is 0.305 e. The first-order chi connectivity index (χ1) is 9.76. The Morgan fingerprint density at radius 1 is 1.29 bits per heavy atom. The van der Waals surface area contributed by atoms with E-state index in [-0.39, 0.29) is 12.5 Å². The van der Waals surface area contributed by atoms with Crippen molar-refractivity contribution in [3.8, 4) is 5.75 Å². The molecule has 0 aliphatic carbocycles. The molecule has 0 aliphatic rings. The summed E-state index contributed by atoms with van der Waals surface area (Å²) in [5.74, 6) is -0.374. The first-order valence-electron chi connectivity index (χ1n) is 7.07. The lowest BCUT2D eigenvalue weighted by Crippen LogP contribution is -2.41. The minimum Gasteiger partial charge on any atom is -0.496 e. The molecular formula is C16H25NO4. The van der Waals surface area contributed by atoms with E-state index in [1.54, 1.807) is 7.11 Å². The van der Waals surface area contributed by atoms with E-state index in [9.17, 15) is 9.90 Å². The molecular weight excluding hydrogens is 270 g/mol. The molecule has 1 aromatic carbocycles. The zero-order chi connectivity index (χ0) is 16.2. The summed E-state index contributed by atoms with van der Waals surface area (Å²) in [5, 5.41) is 22.7. The molecule has 0 amide bonds. The first-order valence-corrected chi connectivity index (χ1v) is 7.07. The van der Waals surface area contributed by atoms with Gasteiger partial charge in [-0.05, 0) is 37.1 Å². The van der Waals surface area contributed by atoms with Crippen LogP contribution in [0, 0.1) is 13.8 Å². The number of aryl methyl sites for hydroxylation is 2. The minimum absolute atomic E-state index is 0.0709. The van der Waals surface area contributed by atoms with Gasteiger partial charge in [-0.25, -0.2) is 0 Å². The molecule has 2 unspecified atom stereocenters. The lowest BCUT2D eigenvalue weighted by Gasteiger charge is -2.27. The third kappa shape index (κ3) is 4.72. The standard InChI is InChI=1S/C16H25NO4/c1-9(2)17-13(8-15(18)19)16(20)12-6-10(3)11(4)7-14(12)21-5/h6-7,9,13,16-17,20H,8H2,1-5H3,(H,18,19). The number of carboxylic acids is 1. The molecule has 3 N–H and O–H groups in total. The lowest BCUT2D eigenvalue weighted by molar-refractivity contribution is -0.138. The summed E-state index contributed by atoms with van der Waals surface area (Å²) >= 11 is 0. The number of rotatable bonds is 7. The molecule has 0 fully saturated rings. The highest BCUT2D eigenvalue weighted by molar-refractivity contribution is 5.67. The Labute approximate surface area is 125 Å². The van der Waals surface area contributed by atoms with E-state index in [2.05, 4.69) is 5.32 Å². The molecule has 0 bridgehead atoms. The molecule has 2 atom stereocenters. The van der Waals surface area contributed by atoms with Crippen molar-refractivity contribution in [3.05, 3.63) is 28.8 Å². The average molecular weight is 295 g/mol. The number of aliphatic hydroxyl groups is 1. The second-order valence-electron chi connectivity index (χ2n) is 5.65. The van der Waals surface area contributed by atoms with Crippen molar-refractivity contribution in [3.63, 3.8) is 0 Å². The highest BCUT2D eigenvalue weighted by atomic mass is 16.5. The van der Waals surface area contributed by atoms with Gasteiger partial charge in [-0.2, -0.15) is 0 Å². The normalized spacial score (nSPS) is 14.0. The van der Waals surface area contributed by atoms with E-state index in [1.807, 2.05) is 39.8 Å². The van der Waals surface area contributed by atoms with Gasteiger partial charge < -0.3 is 20.3 Å². The van der Waals surface area contributed by atoms with Crippen molar-refractivity contribution < 1.29 is 19.7 Å². The van der Waals surface area contributed by atoms with Crippen molar-refractivity contribution >= 4 is 5.97 Å². The van der Waals surface area contributed by atoms with Crippen molar-refractivity contribution in [2.75, 3.05) is 7.11 Å². The molecule has 118 valence electrons. The molecule has 21 heavy (non-hydrogen) atoms. The quantitative estimate of drug-likeness (QED) is 0.718. The molecule has 5 heteroatoms. The topological polar surface area (TPSA) is 78.8 Å². The monoisotopic (exact) mass is 295 g/mol. The van der Waals surface area contributed by atoms with Crippen LogP contribution in [-0.4, -0.2) is 35.4 Å². The van der Waals surface area contributed by atoms with Crippen LogP contribution in [0.3, 0.4) is 0 Å². The summed E-state index contributed by atoms with van der Waals surface area (Å²) in [5.41, 5.74) is 2.71. The van der Waals surface area contributed by atoms with E-state index >= 15 is 0 Å². The largest absolute Gasteiger partial charge is 0.496 e. The van der Waals surface area contributed by atoms with Crippen LogP contribution < -0.4 is 10.1 Å². The van der Waals surface area contributed by atoms with Crippen LogP contribution in [0.2, 0.25) is 0 Å². The maximum atomic E-state index is 11.0. The second kappa shape index (κ2) is 7.43. The zero-order valence-electron chi connectivity index (χ0n) is 13.3. The average Bonchev–Trinajstić information content (AvgIpc) is 2.38. The predicted molar refractivity (Wildman–Crippen MR) is 81.7 cm³/mol. The number of benzene rings is 1. The highest BCUT2D eigenvalue weighted by Gasteiger charge is 2.27. The highest BCUT2D eigenvalue weighted by Crippen LogP contribution is 2.31. The second-order valence-corrected chi connectivity index (χ2v) is 5.65. The van der Waals surface area contributed by atoms with Gasteiger partial charge in [0.15, 0.2) is 0 Å². The van der Waals surface area contributed by atoms with Crippen LogP contribution in [0.1, 0.15) is 43.1 Å². The van der Waals surface area contributed by atoms with Crippen LogP contribution in [0.5, 0.6) is 5.75 Å². The molecule has 0 spiro atoms. The summed E-state index contributed by atoms with van der Waals surface area (Å²) in [6, 6.07) is 3.22. The van der Waals surface area contributed by atoms with Gasteiger partial charge in [0.05, 0.1) is 19.6 Å². The van der Waals surface area contributed by atoms with E-state index in [4.69, 9.17) is 9.84 Å². The molecule has 0 heterocycles. The zero-order valence-corrected chi connectivity index (χ0v) is 13.3. The van der Waals surface area contributed by atoms with Crippen molar-refractivity contribution in [1.82, 2.24) is 5.32 Å². The summed E-state index contributed by atoms with van der Waals surface area (Å²) < 4.78 is 5.33. The third-order valence-corrected chi connectivity index (χ3v) is 3.49. The maximum Gasteiger partial charge on any atom is 0.305 e. The van der Waals surface area contributed by atoms with E-state index < -0.39 is 18.1 Å². The molecule has 5 nitrogen and oxygen atoms in total. The van der Waals surface area contributed by atoms with Gasteiger partial charge in [-0.15, -0.1) is 0 Å². The Balaban J connectivity index is 3.15. The van der Waals surface area contributed by atoms with Gasteiger partial charge >= 0.3 is 5.97 Å². The number of hydrogen-bond acceptors (Lipinski definition) is 4. The number of carbonyl (C=O) groups is 1. The number of carboxylic acid groups (broad SMARTS) is 1. The van der Waals surface area contributed by atoms with Gasteiger partial charge in [0, 0.05) is 17.6 Å². The number of hydrogen-bond donors (Lipinski definition) is 3. The summed E-state index contributed by atoms with van der Waals surface area (Å²) in [6.45, 7) is 7.75. The van der Waals surface area contributed by atoms with Gasteiger partial charge in [0.1, 0.15) is 5.75 Å². The number of methoxy groups -OCH3 is 1. The van der Waals surface area contributed by atoms with Crippen LogP contribution in [0.15, 0.2) is 12.1 Å². The van der Waals surface area contributed by atoms with E-state index in [1.165, 1.54) is 0 Å². The van der Waals surface area contributed by atoms with Crippen LogP contribution >= 0.6 is 0 Å². The summed E-state index contributed by atoms with van der Waals surface area (Å²) in [6.07, 6.45) is -1.10. The molecule has 1 rings (SSSR count). The van der Waals surface area contributed by atoms with E-state index in [0.29, 0.717) is 11.3 Å². The van der Waals surface area contributed by atoms with Gasteiger partial charge in [0.25, 0.3) is 0 Å². The lowest BCUT2D eigenvalue weighted by atomic mass is 9.95. The molecule has 0 aliphatic heterocycles. The number of ether oxygens (including phenoxy) is 1. The van der Waals surface area contributed by atoms with Crippen molar-refractivity contribution in [2.24, 2.45) is 0 Å².